The molecule has 1 aromatic carbocycles. The van der Waals surface area contributed by atoms with E-state index in [2.05, 4.69) is 15.9 Å². The van der Waals surface area contributed by atoms with Gasteiger partial charge in [-0.15, -0.1) is 0 Å². The van der Waals surface area contributed by atoms with Crippen LogP contribution >= 0.6 is 15.9 Å². The van der Waals surface area contributed by atoms with Gasteiger partial charge in [0.05, 0.1) is 12.7 Å². The molecule has 0 spiro atoms. The molecule has 0 aliphatic rings. The Bertz CT molecular complexity index is 387. The highest BCUT2D eigenvalue weighted by atomic mass is 79.9. The van der Waals surface area contributed by atoms with Crippen LogP contribution in [0.25, 0.3) is 0 Å². The van der Waals surface area contributed by atoms with Crippen LogP contribution in [0.2, 0.25) is 0 Å². The minimum Gasteiger partial charge on any atom is -0.496 e. The molecule has 0 aromatic heterocycles. The Labute approximate surface area is 88.2 Å². The van der Waals surface area contributed by atoms with Gasteiger partial charge in [-0.25, -0.2) is 0 Å². The van der Waals surface area contributed by atoms with Gasteiger partial charge in [0.25, 0.3) is 0 Å². The van der Waals surface area contributed by atoms with Crippen LogP contribution in [0.5, 0.6) is 5.75 Å². The highest BCUT2D eigenvalue weighted by Crippen LogP contribution is 2.35. The molecule has 0 unspecified atom stereocenters. The van der Waals surface area contributed by atoms with Crippen LogP contribution in [0.4, 0.5) is 8.78 Å². The van der Waals surface area contributed by atoms with Crippen molar-refractivity contribution < 1.29 is 13.5 Å². The minimum absolute atomic E-state index is 0.000231. The Morgan fingerprint density at radius 2 is 2.14 bits per heavy atom. The van der Waals surface area contributed by atoms with Gasteiger partial charge >= 0.3 is 5.92 Å². The van der Waals surface area contributed by atoms with Crippen molar-refractivity contribution in [3.05, 3.63) is 28.2 Å². The third kappa shape index (κ3) is 2.02. The lowest BCUT2D eigenvalue weighted by Crippen LogP contribution is -2.11. The summed E-state index contributed by atoms with van der Waals surface area (Å²) in [5, 5.41) is 8.29. The lowest BCUT2D eigenvalue weighted by atomic mass is 10.1. The van der Waals surface area contributed by atoms with E-state index in [1.54, 1.807) is 6.07 Å². The number of alkyl halides is 2. The fourth-order valence-corrected chi connectivity index (χ4v) is 1.35. The Morgan fingerprint density at radius 1 is 1.50 bits per heavy atom. The number of benzene rings is 1. The summed E-state index contributed by atoms with van der Waals surface area (Å²) in [4.78, 5) is 0. The minimum atomic E-state index is -3.53. The zero-order valence-corrected chi connectivity index (χ0v) is 8.81. The summed E-state index contributed by atoms with van der Waals surface area (Å²) < 4.78 is 31.3. The van der Waals surface area contributed by atoms with E-state index in [4.69, 9.17) is 10.00 Å². The SMILES string of the molecule is COc1ccc(Br)cc1C(F)(F)C#N. The number of ether oxygens (including phenoxy) is 1. The van der Waals surface area contributed by atoms with Gasteiger partial charge < -0.3 is 4.74 Å². The van der Waals surface area contributed by atoms with Crippen LogP contribution in [0.3, 0.4) is 0 Å². The quantitative estimate of drug-likeness (QED) is 0.820. The zero-order valence-electron chi connectivity index (χ0n) is 7.22. The van der Waals surface area contributed by atoms with E-state index in [1.807, 2.05) is 0 Å². The van der Waals surface area contributed by atoms with Crippen LogP contribution in [-0.2, 0) is 5.92 Å². The first kappa shape index (κ1) is 10.9. The van der Waals surface area contributed by atoms with E-state index in [0.717, 1.165) is 6.07 Å². The maximum Gasteiger partial charge on any atom is 0.361 e. The largest absolute Gasteiger partial charge is 0.496 e. The van der Waals surface area contributed by atoms with Gasteiger partial charge in [0.1, 0.15) is 11.8 Å². The van der Waals surface area contributed by atoms with E-state index in [1.165, 1.54) is 19.2 Å². The van der Waals surface area contributed by atoms with Crippen molar-refractivity contribution >= 4 is 15.9 Å². The Kier molecular flexibility index (Phi) is 3.06. The molecule has 1 aromatic rings. The number of methoxy groups -OCH3 is 1. The molecular weight excluding hydrogens is 256 g/mol. The summed E-state index contributed by atoms with van der Waals surface area (Å²) in [6.45, 7) is 0. The summed E-state index contributed by atoms with van der Waals surface area (Å²) in [7, 11) is 1.28. The fraction of sp³-hybridized carbons (Fsp3) is 0.222. The van der Waals surface area contributed by atoms with Crippen LogP contribution in [0, 0.1) is 11.3 Å². The molecule has 0 atom stereocenters. The third-order valence-corrected chi connectivity index (χ3v) is 2.13. The fourth-order valence-electron chi connectivity index (χ4n) is 0.986. The normalized spacial score (nSPS) is 10.8. The van der Waals surface area contributed by atoms with Crippen molar-refractivity contribution in [2.75, 3.05) is 7.11 Å². The summed E-state index contributed by atoms with van der Waals surface area (Å²) in [5.74, 6) is -3.53. The Balaban J connectivity index is 3.32. The molecule has 74 valence electrons. The van der Waals surface area contributed by atoms with Gasteiger partial charge in [-0.05, 0) is 18.2 Å². The van der Waals surface area contributed by atoms with Crippen molar-refractivity contribution in [3.8, 4) is 11.8 Å². The predicted molar refractivity (Wildman–Crippen MR) is 50.2 cm³/mol. The lowest BCUT2D eigenvalue weighted by molar-refractivity contribution is 0.0583. The van der Waals surface area contributed by atoms with E-state index in [9.17, 15) is 8.78 Å². The third-order valence-electron chi connectivity index (χ3n) is 1.64. The molecule has 1 rings (SSSR count). The van der Waals surface area contributed by atoms with Crippen LogP contribution in [-0.4, -0.2) is 7.11 Å². The second kappa shape index (κ2) is 3.93. The smallest absolute Gasteiger partial charge is 0.361 e. The predicted octanol–water partition coefficient (Wildman–Crippen LogP) is 3.07. The first-order valence-electron chi connectivity index (χ1n) is 3.64. The Morgan fingerprint density at radius 3 is 2.64 bits per heavy atom. The molecular formula is C9H6BrF2NO. The van der Waals surface area contributed by atoms with Gasteiger partial charge in [-0.2, -0.15) is 14.0 Å². The summed E-state index contributed by atoms with van der Waals surface area (Å²) in [5.41, 5.74) is -0.433. The molecule has 0 aliphatic carbocycles. The van der Waals surface area contributed by atoms with Crippen LogP contribution < -0.4 is 4.74 Å². The van der Waals surface area contributed by atoms with Gasteiger partial charge in [0.15, 0.2) is 0 Å². The van der Waals surface area contributed by atoms with Crippen LogP contribution in [0.15, 0.2) is 22.7 Å². The van der Waals surface area contributed by atoms with Crippen molar-refractivity contribution in [1.29, 1.82) is 5.26 Å². The lowest BCUT2D eigenvalue weighted by Gasteiger charge is -2.12. The second-order valence-corrected chi connectivity index (χ2v) is 3.45. The van der Waals surface area contributed by atoms with Crippen molar-refractivity contribution in [2.24, 2.45) is 0 Å². The molecule has 0 amide bonds. The van der Waals surface area contributed by atoms with Gasteiger partial charge in [-0.3, -0.25) is 0 Å². The first-order valence-corrected chi connectivity index (χ1v) is 4.43. The molecule has 0 radical (unpaired) electrons. The standard InChI is InChI=1S/C9H6BrF2NO/c1-14-8-3-2-6(10)4-7(8)9(11,12)5-13/h2-4H,1H3. The maximum absolute atomic E-state index is 13.1. The van der Waals surface area contributed by atoms with Crippen molar-refractivity contribution in [3.63, 3.8) is 0 Å². The molecule has 14 heavy (non-hydrogen) atoms. The van der Waals surface area contributed by atoms with Crippen molar-refractivity contribution in [1.82, 2.24) is 0 Å². The summed E-state index contributed by atoms with van der Waals surface area (Å²) in [6.07, 6.45) is 0. The molecule has 0 fully saturated rings. The summed E-state index contributed by atoms with van der Waals surface area (Å²) >= 11 is 3.05. The second-order valence-electron chi connectivity index (χ2n) is 2.53. The van der Waals surface area contributed by atoms with E-state index in [0.29, 0.717) is 4.47 Å². The van der Waals surface area contributed by atoms with Crippen molar-refractivity contribution in [2.45, 2.75) is 5.92 Å². The molecule has 0 saturated heterocycles. The van der Waals surface area contributed by atoms with E-state index < -0.39 is 11.5 Å². The van der Waals surface area contributed by atoms with Crippen LogP contribution in [0.1, 0.15) is 5.56 Å². The first-order chi connectivity index (χ1) is 6.51. The van der Waals surface area contributed by atoms with E-state index in [-0.39, 0.29) is 5.75 Å². The summed E-state index contributed by atoms with van der Waals surface area (Å²) in [6, 6.07) is 5.04. The molecule has 0 saturated carbocycles. The topological polar surface area (TPSA) is 33.0 Å². The van der Waals surface area contributed by atoms with E-state index >= 15 is 0 Å². The average Bonchev–Trinajstić information content (AvgIpc) is 2.18. The molecule has 2 nitrogen and oxygen atoms in total. The molecule has 0 N–H and O–H groups in total. The van der Waals surface area contributed by atoms with Gasteiger partial charge in [-0.1, -0.05) is 15.9 Å². The number of nitrogens with zero attached hydrogens (tertiary/aromatic N) is 1. The number of halogens is 3. The highest BCUT2D eigenvalue weighted by molar-refractivity contribution is 9.10. The molecule has 0 heterocycles. The molecule has 5 heteroatoms. The Hall–Kier alpha value is -1.15. The average molecular weight is 262 g/mol. The maximum atomic E-state index is 13.1. The number of nitriles is 1. The van der Waals surface area contributed by atoms with Gasteiger partial charge in [0.2, 0.25) is 0 Å². The highest BCUT2D eigenvalue weighted by Gasteiger charge is 2.34. The monoisotopic (exact) mass is 261 g/mol. The van der Waals surface area contributed by atoms with Gasteiger partial charge in [0, 0.05) is 4.47 Å². The molecule has 0 bridgehead atoms. The zero-order chi connectivity index (χ0) is 10.8. The molecule has 0 aliphatic heterocycles. The number of hydrogen-bond acceptors (Lipinski definition) is 2. The number of hydrogen-bond donors (Lipinski definition) is 0. The number of rotatable bonds is 2.